The van der Waals surface area contributed by atoms with Crippen LogP contribution < -0.4 is 16.1 Å². The highest BCUT2D eigenvalue weighted by Crippen LogP contribution is 2.26. The smallest absolute Gasteiger partial charge is 0.332 e. The predicted octanol–water partition coefficient (Wildman–Crippen LogP) is 2.00. The number of ether oxygens (including phenoxy) is 1. The minimum absolute atomic E-state index is 0.0816. The molecule has 1 aromatic carbocycles. The van der Waals surface area contributed by atoms with Crippen molar-refractivity contribution < 1.29 is 9.53 Å². The Morgan fingerprint density at radius 1 is 1.15 bits per heavy atom. The van der Waals surface area contributed by atoms with Crippen LogP contribution in [0, 0.1) is 24.7 Å². The monoisotopic (exact) mass is 529 g/mol. The molecule has 0 N–H and O–H groups in total. The quantitative estimate of drug-likeness (QED) is 0.275. The molecule has 39 heavy (non-hydrogen) atoms. The SMILES string of the molecule is CC#CCn1c(N2CCCC(C(=O)OCC)C2)nc2c1c(=O)n(Cc1nc(C)c3ccccc3n1)c(=O)n2C. The molecule has 11 heteroatoms. The molecule has 0 radical (unpaired) electrons. The third-order valence-corrected chi connectivity index (χ3v) is 7.09. The van der Waals surface area contributed by atoms with Gasteiger partial charge in [-0.15, -0.1) is 5.92 Å². The number of nitrogens with zero attached hydrogens (tertiary/aromatic N) is 7. The maximum Gasteiger partial charge on any atom is 0.332 e. The van der Waals surface area contributed by atoms with Gasteiger partial charge in [-0.1, -0.05) is 24.1 Å². The summed E-state index contributed by atoms with van der Waals surface area (Å²) in [6, 6.07) is 7.62. The van der Waals surface area contributed by atoms with Crippen molar-refractivity contribution in [2.75, 3.05) is 24.6 Å². The second kappa shape index (κ2) is 10.7. The van der Waals surface area contributed by atoms with Gasteiger partial charge >= 0.3 is 11.7 Å². The van der Waals surface area contributed by atoms with E-state index in [2.05, 4.69) is 21.8 Å². The van der Waals surface area contributed by atoms with Crippen LogP contribution in [0.3, 0.4) is 0 Å². The molecule has 0 saturated carbocycles. The van der Waals surface area contributed by atoms with Crippen molar-refractivity contribution in [3.8, 4) is 11.8 Å². The van der Waals surface area contributed by atoms with Crippen LogP contribution >= 0.6 is 0 Å². The van der Waals surface area contributed by atoms with Crippen molar-refractivity contribution in [2.45, 2.75) is 46.7 Å². The largest absolute Gasteiger partial charge is 0.466 e. The minimum Gasteiger partial charge on any atom is -0.466 e. The average Bonchev–Trinajstić information content (AvgIpc) is 3.33. The van der Waals surface area contributed by atoms with Crippen LogP contribution in [0.15, 0.2) is 33.9 Å². The van der Waals surface area contributed by atoms with E-state index in [1.165, 1.54) is 4.57 Å². The van der Waals surface area contributed by atoms with Crippen molar-refractivity contribution >= 4 is 34.0 Å². The van der Waals surface area contributed by atoms with Crippen molar-refractivity contribution in [2.24, 2.45) is 13.0 Å². The molecule has 5 rings (SSSR count). The Balaban J connectivity index is 1.63. The van der Waals surface area contributed by atoms with Crippen LogP contribution in [-0.2, 0) is 29.7 Å². The van der Waals surface area contributed by atoms with Gasteiger partial charge in [0.25, 0.3) is 5.56 Å². The molecule has 0 spiro atoms. The van der Waals surface area contributed by atoms with Gasteiger partial charge in [0.1, 0.15) is 5.82 Å². The zero-order valence-electron chi connectivity index (χ0n) is 22.6. The zero-order valence-corrected chi connectivity index (χ0v) is 22.6. The Bertz CT molecular complexity index is 1760. The molecular weight excluding hydrogens is 498 g/mol. The lowest BCUT2D eigenvalue weighted by molar-refractivity contribution is -0.148. The van der Waals surface area contributed by atoms with Gasteiger partial charge in [-0.2, -0.15) is 4.98 Å². The average molecular weight is 530 g/mol. The van der Waals surface area contributed by atoms with Gasteiger partial charge in [0.05, 0.1) is 31.1 Å². The standard InChI is InChI=1S/C28H31N7O4/c1-5-7-15-34-23-24(31-27(34)33-14-10-11-19(16-33)26(37)39-6-2)32(4)28(38)35(25(23)36)17-22-29-18(3)20-12-8-9-13-21(20)30-22/h8-9,12-13,19H,6,10-11,14-17H2,1-4H3. The third kappa shape index (κ3) is 4.78. The van der Waals surface area contributed by atoms with Gasteiger partial charge < -0.3 is 9.64 Å². The van der Waals surface area contributed by atoms with Crippen LogP contribution in [-0.4, -0.2) is 54.3 Å². The second-order valence-electron chi connectivity index (χ2n) is 9.61. The summed E-state index contributed by atoms with van der Waals surface area (Å²) >= 11 is 0. The topological polar surface area (TPSA) is 117 Å². The normalized spacial score (nSPS) is 15.4. The van der Waals surface area contributed by atoms with Gasteiger partial charge in [0.15, 0.2) is 11.2 Å². The summed E-state index contributed by atoms with van der Waals surface area (Å²) in [7, 11) is 1.59. The number of hydrogen-bond donors (Lipinski definition) is 0. The summed E-state index contributed by atoms with van der Waals surface area (Å²) in [5.41, 5.74) is 1.06. The molecule has 1 saturated heterocycles. The maximum absolute atomic E-state index is 13.9. The van der Waals surface area contributed by atoms with Gasteiger partial charge in [-0.25, -0.2) is 14.8 Å². The maximum atomic E-state index is 13.9. The fourth-order valence-electron chi connectivity index (χ4n) is 5.17. The summed E-state index contributed by atoms with van der Waals surface area (Å²) in [4.78, 5) is 55.6. The van der Waals surface area contributed by atoms with E-state index in [-0.39, 0.29) is 36.1 Å². The Kier molecular flexibility index (Phi) is 7.19. The highest BCUT2D eigenvalue weighted by molar-refractivity contribution is 5.80. The Morgan fingerprint density at radius 2 is 1.95 bits per heavy atom. The van der Waals surface area contributed by atoms with Gasteiger partial charge in [-0.05, 0) is 39.7 Å². The molecule has 1 aliphatic rings. The van der Waals surface area contributed by atoms with E-state index in [0.717, 1.165) is 34.0 Å². The summed E-state index contributed by atoms with van der Waals surface area (Å²) in [5, 5.41) is 0.917. The van der Waals surface area contributed by atoms with Gasteiger partial charge in [0, 0.05) is 31.2 Å². The zero-order chi connectivity index (χ0) is 27.7. The Hall–Kier alpha value is -4.46. The molecule has 11 nitrogen and oxygen atoms in total. The number of aryl methyl sites for hydroxylation is 2. The molecule has 0 amide bonds. The van der Waals surface area contributed by atoms with Crippen molar-refractivity contribution in [3.05, 3.63) is 56.6 Å². The number of carbonyl (C=O) groups is 1. The number of aromatic nitrogens is 6. The van der Waals surface area contributed by atoms with Crippen LogP contribution in [0.25, 0.3) is 22.1 Å². The molecule has 1 fully saturated rings. The molecule has 3 aromatic heterocycles. The first kappa shape index (κ1) is 26.2. The molecule has 1 aliphatic heterocycles. The highest BCUT2D eigenvalue weighted by Gasteiger charge is 2.31. The predicted molar refractivity (Wildman–Crippen MR) is 148 cm³/mol. The lowest BCUT2D eigenvalue weighted by atomic mass is 9.98. The van der Waals surface area contributed by atoms with E-state index in [9.17, 15) is 14.4 Å². The molecule has 202 valence electrons. The minimum atomic E-state index is -0.511. The molecule has 4 heterocycles. The molecule has 0 aliphatic carbocycles. The van der Waals surface area contributed by atoms with E-state index < -0.39 is 11.2 Å². The number of benzene rings is 1. The van der Waals surface area contributed by atoms with Crippen molar-refractivity contribution in [3.63, 3.8) is 0 Å². The number of carbonyl (C=O) groups excluding carboxylic acids is 1. The van der Waals surface area contributed by atoms with E-state index in [1.807, 2.05) is 36.1 Å². The van der Waals surface area contributed by atoms with Crippen molar-refractivity contribution in [1.82, 2.24) is 28.7 Å². The van der Waals surface area contributed by atoms with Crippen LogP contribution in [0.5, 0.6) is 0 Å². The lowest BCUT2D eigenvalue weighted by Crippen LogP contribution is -2.41. The molecule has 0 bridgehead atoms. The second-order valence-corrected chi connectivity index (χ2v) is 9.61. The fraction of sp³-hybridized carbons (Fsp3) is 0.429. The Labute approximate surface area is 225 Å². The summed E-state index contributed by atoms with van der Waals surface area (Å²) < 4.78 is 9.51. The number of anilines is 1. The van der Waals surface area contributed by atoms with Crippen LogP contribution in [0.2, 0.25) is 0 Å². The molecule has 1 unspecified atom stereocenters. The summed E-state index contributed by atoms with van der Waals surface area (Å²) in [5.74, 6) is 6.25. The van der Waals surface area contributed by atoms with E-state index in [1.54, 1.807) is 25.5 Å². The van der Waals surface area contributed by atoms with E-state index in [4.69, 9.17) is 9.72 Å². The van der Waals surface area contributed by atoms with Crippen LogP contribution in [0.1, 0.15) is 38.2 Å². The number of esters is 1. The number of fused-ring (bicyclic) bond motifs is 2. The number of para-hydroxylation sites is 1. The first-order chi connectivity index (χ1) is 18.8. The van der Waals surface area contributed by atoms with Gasteiger partial charge in [-0.3, -0.25) is 23.3 Å². The van der Waals surface area contributed by atoms with Crippen molar-refractivity contribution in [1.29, 1.82) is 0 Å². The van der Waals surface area contributed by atoms with E-state index >= 15 is 0 Å². The summed E-state index contributed by atoms with van der Waals surface area (Å²) in [6.07, 6.45) is 1.49. The Morgan fingerprint density at radius 3 is 2.72 bits per heavy atom. The number of imidazole rings is 1. The first-order valence-corrected chi connectivity index (χ1v) is 13.1. The summed E-state index contributed by atoms with van der Waals surface area (Å²) in [6.45, 7) is 6.91. The lowest BCUT2D eigenvalue weighted by Gasteiger charge is -2.32. The first-order valence-electron chi connectivity index (χ1n) is 13.1. The highest BCUT2D eigenvalue weighted by atomic mass is 16.5. The molecular formula is C28H31N7O4. The van der Waals surface area contributed by atoms with E-state index in [0.29, 0.717) is 31.5 Å². The molecule has 1 atom stereocenters. The number of rotatable bonds is 6. The molecule has 4 aromatic rings. The van der Waals surface area contributed by atoms with Gasteiger partial charge in [0.2, 0.25) is 5.95 Å². The number of hydrogen-bond acceptors (Lipinski definition) is 8. The van der Waals surface area contributed by atoms with Crippen LogP contribution in [0.4, 0.5) is 5.95 Å². The number of piperidine rings is 1. The third-order valence-electron chi connectivity index (χ3n) is 7.09. The fourth-order valence-corrected chi connectivity index (χ4v) is 5.17.